The van der Waals surface area contributed by atoms with Crippen LogP contribution in [-0.4, -0.2) is 6.61 Å². The molecule has 1 heteroatoms. The van der Waals surface area contributed by atoms with Crippen molar-refractivity contribution in [3.63, 3.8) is 0 Å². The Kier molecular flexibility index (Phi) is 3.99. The molecule has 0 aliphatic rings. The molecular formula is C13H16O. The standard InChI is InChI=1S/C13H16O/c1-4-10-14-13-9-7-8-11(5-2)12(13)6-3/h5-9H,2-4,10H2,1H3. The summed E-state index contributed by atoms with van der Waals surface area (Å²) in [6.45, 7) is 10.4. The topological polar surface area (TPSA) is 9.23 Å². The van der Waals surface area contributed by atoms with E-state index in [2.05, 4.69) is 20.1 Å². The van der Waals surface area contributed by atoms with Gasteiger partial charge in [0.05, 0.1) is 6.61 Å². The minimum Gasteiger partial charge on any atom is -0.493 e. The molecule has 0 radical (unpaired) electrons. The highest BCUT2D eigenvalue weighted by Crippen LogP contribution is 2.24. The van der Waals surface area contributed by atoms with Crippen molar-refractivity contribution in [3.8, 4) is 5.75 Å². The highest BCUT2D eigenvalue weighted by atomic mass is 16.5. The molecule has 0 spiro atoms. The lowest BCUT2D eigenvalue weighted by atomic mass is 10.1. The summed E-state index contributed by atoms with van der Waals surface area (Å²) in [6, 6.07) is 5.93. The van der Waals surface area contributed by atoms with Gasteiger partial charge in [-0.05, 0) is 18.1 Å². The summed E-state index contributed by atoms with van der Waals surface area (Å²) in [5.41, 5.74) is 2.09. The van der Waals surface area contributed by atoms with Gasteiger partial charge in [-0.3, -0.25) is 0 Å². The largest absolute Gasteiger partial charge is 0.493 e. The highest BCUT2D eigenvalue weighted by Gasteiger charge is 2.02. The van der Waals surface area contributed by atoms with Crippen LogP contribution in [0.5, 0.6) is 5.75 Å². The lowest BCUT2D eigenvalue weighted by molar-refractivity contribution is 0.317. The van der Waals surface area contributed by atoms with Gasteiger partial charge in [0, 0.05) is 5.56 Å². The minimum atomic E-state index is 0.738. The molecule has 0 aromatic heterocycles. The molecule has 0 aliphatic carbocycles. The molecule has 0 atom stereocenters. The molecular weight excluding hydrogens is 172 g/mol. The van der Waals surface area contributed by atoms with E-state index in [4.69, 9.17) is 4.74 Å². The summed E-state index contributed by atoms with van der Waals surface area (Å²) < 4.78 is 5.60. The predicted molar refractivity (Wildman–Crippen MR) is 62.4 cm³/mol. The van der Waals surface area contributed by atoms with Crippen LogP contribution >= 0.6 is 0 Å². The van der Waals surface area contributed by atoms with Gasteiger partial charge in [-0.15, -0.1) is 0 Å². The number of hydrogen-bond acceptors (Lipinski definition) is 1. The molecule has 0 fully saturated rings. The molecule has 0 N–H and O–H groups in total. The van der Waals surface area contributed by atoms with E-state index in [-0.39, 0.29) is 0 Å². The van der Waals surface area contributed by atoms with Crippen molar-refractivity contribution in [2.45, 2.75) is 13.3 Å². The van der Waals surface area contributed by atoms with Crippen LogP contribution in [0.25, 0.3) is 12.2 Å². The molecule has 1 aromatic rings. The Balaban J connectivity index is 3.02. The summed E-state index contributed by atoms with van der Waals surface area (Å²) in [4.78, 5) is 0. The highest BCUT2D eigenvalue weighted by molar-refractivity contribution is 5.68. The van der Waals surface area contributed by atoms with Gasteiger partial charge in [0.25, 0.3) is 0 Å². The monoisotopic (exact) mass is 188 g/mol. The first-order chi connectivity index (χ1) is 6.83. The summed E-state index contributed by atoms with van der Waals surface area (Å²) in [5, 5.41) is 0. The fourth-order valence-corrected chi connectivity index (χ4v) is 1.30. The van der Waals surface area contributed by atoms with Crippen LogP contribution in [0, 0.1) is 0 Å². The van der Waals surface area contributed by atoms with Gasteiger partial charge in [-0.2, -0.15) is 0 Å². The normalized spacial score (nSPS) is 9.50. The van der Waals surface area contributed by atoms with Gasteiger partial charge in [0.1, 0.15) is 5.75 Å². The molecule has 14 heavy (non-hydrogen) atoms. The summed E-state index contributed by atoms with van der Waals surface area (Å²) >= 11 is 0. The van der Waals surface area contributed by atoms with E-state index in [1.807, 2.05) is 30.4 Å². The average molecular weight is 188 g/mol. The number of ether oxygens (including phenoxy) is 1. The first-order valence-electron chi connectivity index (χ1n) is 4.84. The molecule has 0 unspecified atom stereocenters. The SMILES string of the molecule is C=Cc1cccc(OCCC)c1C=C. The number of rotatable bonds is 5. The smallest absolute Gasteiger partial charge is 0.127 e. The predicted octanol–water partition coefficient (Wildman–Crippen LogP) is 3.76. The van der Waals surface area contributed by atoms with E-state index in [0.717, 1.165) is 29.9 Å². The Bertz CT molecular complexity index is 326. The Hall–Kier alpha value is -1.50. The molecule has 74 valence electrons. The zero-order valence-corrected chi connectivity index (χ0v) is 8.62. The molecule has 1 aromatic carbocycles. The van der Waals surface area contributed by atoms with E-state index in [1.165, 1.54) is 0 Å². The van der Waals surface area contributed by atoms with Crippen LogP contribution in [-0.2, 0) is 0 Å². The minimum absolute atomic E-state index is 0.738. The van der Waals surface area contributed by atoms with E-state index in [1.54, 1.807) is 0 Å². The average Bonchev–Trinajstić information content (AvgIpc) is 2.25. The Morgan fingerprint density at radius 1 is 1.29 bits per heavy atom. The van der Waals surface area contributed by atoms with Gasteiger partial charge in [-0.25, -0.2) is 0 Å². The summed E-state index contributed by atoms with van der Waals surface area (Å²) in [7, 11) is 0. The van der Waals surface area contributed by atoms with E-state index < -0.39 is 0 Å². The third kappa shape index (κ3) is 2.25. The number of hydrogen-bond donors (Lipinski definition) is 0. The zero-order chi connectivity index (χ0) is 10.4. The molecule has 0 bridgehead atoms. The van der Waals surface area contributed by atoms with E-state index >= 15 is 0 Å². The second kappa shape index (κ2) is 5.28. The van der Waals surface area contributed by atoms with Gasteiger partial charge >= 0.3 is 0 Å². The molecule has 1 rings (SSSR count). The van der Waals surface area contributed by atoms with Gasteiger partial charge in [0.15, 0.2) is 0 Å². The molecule has 1 nitrogen and oxygen atoms in total. The Morgan fingerprint density at radius 2 is 2.07 bits per heavy atom. The lowest BCUT2D eigenvalue weighted by Crippen LogP contribution is -1.97. The summed E-state index contributed by atoms with van der Waals surface area (Å²) in [5.74, 6) is 0.888. The van der Waals surface area contributed by atoms with Crippen LogP contribution < -0.4 is 4.74 Å². The van der Waals surface area contributed by atoms with Gasteiger partial charge < -0.3 is 4.74 Å². The number of benzene rings is 1. The maximum absolute atomic E-state index is 5.60. The van der Waals surface area contributed by atoms with Crippen LogP contribution in [0.2, 0.25) is 0 Å². The Labute approximate surface area is 85.7 Å². The Morgan fingerprint density at radius 3 is 2.64 bits per heavy atom. The molecule has 0 amide bonds. The van der Waals surface area contributed by atoms with Gasteiger partial charge in [-0.1, -0.05) is 44.4 Å². The van der Waals surface area contributed by atoms with Gasteiger partial charge in [0.2, 0.25) is 0 Å². The second-order valence-corrected chi connectivity index (χ2v) is 3.02. The summed E-state index contributed by atoms with van der Waals surface area (Å²) in [6.07, 6.45) is 4.63. The van der Waals surface area contributed by atoms with Crippen molar-refractivity contribution < 1.29 is 4.74 Å². The third-order valence-corrected chi connectivity index (χ3v) is 1.99. The van der Waals surface area contributed by atoms with Crippen LogP contribution in [0.1, 0.15) is 24.5 Å². The fraction of sp³-hybridized carbons (Fsp3) is 0.231. The van der Waals surface area contributed by atoms with Crippen LogP contribution in [0.4, 0.5) is 0 Å². The van der Waals surface area contributed by atoms with E-state index in [9.17, 15) is 0 Å². The van der Waals surface area contributed by atoms with E-state index in [0.29, 0.717) is 0 Å². The molecule has 0 saturated carbocycles. The molecule has 0 heterocycles. The van der Waals surface area contributed by atoms with Crippen molar-refractivity contribution >= 4 is 12.2 Å². The quantitative estimate of drug-likeness (QED) is 0.683. The van der Waals surface area contributed by atoms with Crippen LogP contribution in [0.15, 0.2) is 31.4 Å². The van der Waals surface area contributed by atoms with Crippen molar-refractivity contribution in [2.75, 3.05) is 6.61 Å². The lowest BCUT2D eigenvalue weighted by Gasteiger charge is -2.10. The second-order valence-electron chi connectivity index (χ2n) is 3.02. The maximum atomic E-state index is 5.60. The molecule has 0 aliphatic heterocycles. The van der Waals surface area contributed by atoms with Crippen LogP contribution in [0.3, 0.4) is 0 Å². The van der Waals surface area contributed by atoms with Crippen molar-refractivity contribution in [2.24, 2.45) is 0 Å². The first kappa shape index (κ1) is 10.6. The third-order valence-electron chi connectivity index (χ3n) is 1.99. The zero-order valence-electron chi connectivity index (χ0n) is 8.62. The van der Waals surface area contributed by atoms with Crippen molar-refractivity contribution in [3.05, 3.63) is 42.5 Å². The van der Waals surface area contributed by atoms with Crippen molar-refractivity contribution in [1.29, 1.82) is 0 Å². The molecule has 0 saturated heterocycles. The maximum Gasteiger partial charge on any atom is 0.127 e. The first-order valence-corrected chi connectivity index (χ1v) is 4.84. The fourth-order valence-electron chi connectivity index (χ4n) is 1.30. The van der Waals surface area contributed by atoms with Crippen molar-refractivity contribution in [1.82, 2.24) is 0 Å².